The number of hydrogen-bond donors (Lipinski definition) is 1. The third kappa shape index (κ3) is 5.17. The second-order valence-corrected chi connectivity index (χ2v) is 6.26. The first-order valence-corrected chi connectivity index (χ1v) is 8.90. The molecule has 6 heteroatoms. The summed E-state index contributed by atoms with van der Waals surface area (Å²) in [6.07, 6.45) is 3.80. The van der Waals surface area contributed by atoms with Crippen molar-refractivity contribution in [1.29, 1.82) is 0 Å². The summed E-state index contributed by atoms with van der Waals surface area (Å²) in [7, 11) is 1.71. The van der Waals surface area contributed by atoms with Crippen molar-refractivity contribution in [2.75, 3.05) is 33.4 Å². The summed E-state index contributed by atoms with van der Waals surface area (Å²) >= 11 is 0. The Morgan fingerprint density at radius 1 is 1.31 bits per heavy atom. The largest absolute Gasteiger partial charge is 0.496 e. The van der Waals surface area contributed by atoms with Crippen LogP contribution in [0.4, 0.5) is 0 Å². The van der Waals surface area contributed by atoms with E-state index in [4.69, 9.17) is 9.47 Å². The fourth-order valence-electron chi connectivity index (χ4n) is 3.33. The van der Waals surface area contributed by atoms with Crippen LogP contribution in [0.1, 0.15) is 29.7 Å². The lowest BCUT2D eigenvalue weighted by molar-refractivity contribution is 0.131. The van der Waals surface area contributed by atoms with E-state index in [0.29, 0.717) is 19.3 Å². The predicted octanol–water partition coefficient (Wildman–Crippen LogP) is 3.20. The van der Waals surface area contributed by atoms with Gasteiger partial charge in [0.15, 0.2) is 0 Å². The quantitative estimate of drug-likeness (QED) is 0.802. The van der Waals surface area contributed by atoms with Crippen LogP contribution in [0.15, 0.2) is 42.7 Å². The van der Waals surface area contributed by atoms with Gasteiger partial charge in [-0.05, 0) is 36.2 Å². The van der Waals surface area contributed by atoms with Crippen LogP contribution in [-0.2, 0) is 17.9 Å². The average molecular weight is 378 g/mol. The first-order valence-electron chi connectivity index (χ1n) is 8.90. The fraction of sp³-hybridized carbons (Fsp3) is 0.450. The Labute approximate surface area is 162 Å². The summed E-state index contributed by atoms with van der Waals surface area (Å²) in [5.41, 5.74) is 3.65. The van der Waals surface area contributed by atoms with Gasteiger partial charge in [-0.25, -0.2) is 0 Å². The third-order valence-corrected chi connectivity index (χ3v) is 4.62. The first-order chi connectivity index (χ1) is 12.3. The molecule has 1 aromatic carbocycles. The van der Waals surface area contributed by atoms with Gasteiger partial charge in [0.05, 0.1) is 13.7 Å². The minimum atomic E-state index is 0. The highest BCUT2D eigenvalue weighted by atomic mass is 35.5. The van der Waals surface area contributed by atoms with Crippen molar-refractivity contribution in [3.63, 3.8) is 0 Å². The lowest BCUT2D eigenvalue weighted by Crippen LogP contribution is -2.45. The molecule has 5 nitrogen and oxygen atoms in total. The molecule has 0 aliphatic carbocycles. The zero-order chi connectivity index (χ0) is 17.5. The van der Waals surface area contributed by atoms with Crippen molar-refractivity contribution in [3.8, 4) is 5.75 Å². The van der Waals surface area contributed by atoms with Crippen molar-refractivity contribution in [3.05, 3.63) is 59.4 Å². The van der Waals surface area contributed by atoms with Crippen molar-refractivity contribution < 1.29 is 9.47 Å². The topological polar surface area (TPSA) is 46.6 Å². The number of ether oxygens (including phenoxy) is 2. The summed E-state index contributed by atoms with van der Waals surface area (Å²) in [5.74, 6) is 0.890. The van der Waals surface area contributed by atoms with E-state index >= 15 is 0 Å². The number of pyridine rings is 1. The Bertz CT molecular complexity index is 669. The van der Waals surface area contributed by atoms with Gasteiger partial charge in [0.1, 0.15) is 5.75 Å². The second-order valence-electron chi connectivity index (χ2n) is 6.26. The van der Waals surface area contributed by atoms with Gasteiger partial charge >= 0.3 is 0 Å². The first kappa shape index (κ1) is 20.6. The van der Waals surface area contributed by atoms with E-state index in [1.807, 2.05) is 31.5 Å². The SMILES string of the molecule is CCOCc1cc(CN2CCNCC2c2cccnc2)ccc1OC.Cl. The number of aromatic nitrogens is 1. The Hall–Kier alpha value is -1.66. The zero-order valence-corrected chi connectivity index (χ0v) is 16.3. The van der Waals surface area contributed by atoms with E-state index in [1.54, 1.807) is 7.11 Å². The molecule has 0 amide bonds. The maximum atomic E-state index is 5.59. The van der Waals surface area contributed by atoms with Crippen LogP contribution in [0.25, 0.3) is 0 Å². The molecule has 0 radical (unpaired) electrons. The number of rotatable bonds is 7. The van der Waals surface area contributed by atoms with Gasteiger partial charge < -0.3 is 14.8 Å². The smallest absolute Gasteiger partial charge is 0.124 e. The van der Waals surface area contributed by atoms with Crippen molar-refractivity contribution in [2.24, 2.45) is 0 Å². The number of benzene rings is 1. The lowest BCUT2D eigenvalue weighted by Gasteiger charge is -2.36. The van der Waals surface area contributed by atoms with Crippen LogP contribution in [-0.4, -0.2) is 43.2 Å². The van der Waals surface area contributed by atoms with Gasteiger partial charge in [-0.2, -0.15) is 0 Å². The molecular formula is C20H28ClN3O2. The van der Waals surface area contributed by atoms with E-state index in [9.17, 15) is 0 Å². The van der Waals surface area contributed by atoms with Crippen molar-refractivity contribution in [1.82, 2.24) is 15.2 Å². The molecular weight excluding hydrogens is 350 g/mol. The van der Waals surface area contributed by atoms with Crippen LogP contribution in [0.2, 0.25) is 0 Å². The summed E-state index contributed by atoms with van der Waals surface area (Å²) in [6, 6.07) is 10.9. The monoisotopic (exact) mass is 377 g/mol. The highest BCUT2D eigenvalue weighted by Gasteiger charge is 2.24. The van der Waals surface area contributed by atoms with Crippen LogP contribution >= 0.6 is 12.4 Å². The fourth-order valence-corrected chi connectivity index (χ4v) is 3.33. The number of hydrogen-bond acceptors (Lipinski definition) is 5. The molecule has 3 rings (SSSR count). The molecule has 0 bridgehead atoms. The van der Waals surface area contributed by atoms with Crippen LogP contribution in [0, 0.1) is 0 Å². The highest BCUT2D eigenvalue weighted by molar-refractivity contribution is 5.85. The summed E-state index contributed by atoms with van der Waals surface area (Å²) in [4.78, 5) is 6.80. The molecule has 2 heterocycles. The number of halogens is 1. The van der Waals surface area contributed by atoms with E-state index in [0.717, 1.165) is 37.5 Å². The maximum Gasteiger partial charge on any atom is 0.124 e. The molecule has 0 saturated carbocycles. The Morgan fingerprint density at radius 3 is 2.92 bits per heavy atom. The molecule has 1 N–H and O–H groups in total. The second kappa shape index (κ2) is 10.5. The Morgan fingerprint density at radius 2 is 2.19 bits per heavy atom. The van der Waals surface area contributed by atoms with Crippen LogP contribution in [0.5, 0.6) is 5.75 Å². The average Bonchev–Trinajstić information content (AvgIpc) is 2.67. The summed E-state index contributed by atoms with van der Waals surface area (Å²) < 4.78 is 11.1. The van der Waals surface area contributed by atoms with Gasteiger partial charge in [-0.3, -0.25) is 9.88 Å². The lowest BCUT2D eigenvalue weighted by atomic mass is 10.0. The number of methoxy groups -OCH3 is 1. The molecule has 26 heavy (non-hydrogen) atoms. The minimum absolute atomic E-state index is 0. The number of piperazine rings is 1. The Kier molecular flexibility index (Phi) is 8.32. The van der Waals surface area contributed by atoms with Gasteiger partial charge in [-0.1, -0.05) is 12.1 Å². The van der Waals surface area contributed by atoms with E-state index in [2.05, 4.69) is 33.4 Å². The third-order valence-electron chi connectivity index (χ3n) is 4.62. The van der Waals surface area contributed by atoms with Gasteiger partial charge in [0.25, 0.3) is 0 Å². The number of nitrogens with one attached hydrogen (secondary N) is 1. The molecule has 1 aliphatic rings. The Balaban J connectivity index is 0.00000243. The summed E-state index contributed by atoms with van der Waals surface area (Å²) in [5, 5.41) is 3.50. The van der Waals surface area contributed by atoms with Crippen LogP contribution < -0.4 is 10.1 Å². The molecule has 1 unspecified atom stereocenters. The molecule has 1 saturated heterocycles. The molecule has 1 atom stereocenters. The molecule has 1 aromatic heterocycles. The molecule has 142 valence electrons. The normalized spacial score (nSPS) is 17.5. The van der Waals surface area contributed by atoms with Crippen molar-refractivity contribution >= 4 is 12.4 Å². The molecule has 1 fully saturated rings. The van der Waals surface area contributed by atoms with Gasteiger partial charge in [-0.15, -0.1) is 12.4 Å². The molecule has 1 aliphatic heterocycles. The minimum Gasteiger partial charge on any atom is -0.496 e. The highest BCUT2D eigenvalue weighted by Crippen LogP contribution is 2.26. The molecule has 2 aromatic rings. The standard InChI is InChI=1S/C20H27N3O2.ClH/c1-3-25-15-18-11-16(6-7-20(18)24-2)14-23-10-9-22-13-19(23)17-5-4-8-21-12-17;/h4-8,11-12,19,22H,3,9-10,13-15H2,1-2H3;1H. The molecule has 0 spiro atoms. The zero-order valence-electron chi connectivity index (χ0n) is 15.5. The van der Waals surface area contributed by atoms with Gasteiger partial charge in [0.2, 0.25) is 0 Å². The van der Waals surface area contributed by atoms with E-state index < -0.39 is 0 Å². The van der Waals surface area contributed by atoms with Crippen LogP contribution in [0.3, 0.4) is 0 Å². The number of nitrogens with zero attached hydrogens (tertiary/aromatic N) is 2. The van der Waals surface area contributed by atoms with Crippen molar-refractivity contribution in [2.45, 2.75) is 26.1 Å². The van der Waals surface area contributed by atoms with Gasteiger partial charge in [0, 0.05) is 56.8 Å². The van der Waals surface area contributed by atoms with E-state index in [1.165, 1.54) is 11.1 Å². The van der Waals surface area contributed by atoms with E-state index in [-0.39, 0.29) is 12.4 Å². The predicted molar refractivity (Wildman–Crippen MR) is 106 cm³/mol. The maximum absolute atomic E-state index is 5.59. The summed E-state index contributed by atoms with van der Waals surface area (Å²) in [6.45, 7) is 7.19.